The molecular formula is C19H20N2O4S2. The molecule has 3 atom stereocenters. The maximum absolute atomic E-state index is 12.7. The van der Waals surface area contributed by atoms with Gasteiger partial charge in [-0.1, -0.05) is 36.9 Å². The highest BCUT2D eigenvalue weighted by Crippen LogP contribution is 2.49. The van der Waals surface area contributed by atoms with Crippen molar-refractivity contribution < 1.29 is 19.5 Å². The Bertz CT molecular complexity index is 822. The molecule has 0 spiro atoms. The second-order valence-corrected chi connectivity index (χ2v) is 8.79. The fraction of sp³-hybridized carbons (Fsp3) is 0.316. The zero-order valence-corrected chi connectivity index (χ0v) is 16.5. The topological polar surface area (TPSA) is 86.7 Å². The summed E-state index contributed by atoms with van der Waals surface area (Å²) in [4.78, 5) is 38.4. The molecule has 142 valence electrons. The number of rotatable bonds is 7. The van der Waals surface area contributed by atoms with E-state index in [1.165, 1.54) is 29.8 Å². The molecule has 0 saturated carbocycles. The van der Waals surface area contributed by atoms with E-state index in [1.54, 1.807) is 17.2 Å². The summed E-state index contributed by atoms with van der Waals surface area (Å²) in [6.45, 7) is 3.41. The summed E-state index contributed by atoms with van der Waals surface area (Å²) in [5, 5.41) is 13.8. The third-order valence-electron chi connectivity index (χ3n) is 4.51. The largest absolute Gasteiger partial charge is 0.477 e. The van der Waals surface area contributed by atoms with Gasteiger partial charge < -0.3 is 15.3 Å². The van der Waals surface area contributed by atoms with E-state index in [0.717, 1.165) is 4.90 Å². The lowest BCUT2D eigenvalue weighted by molar-refractivity contribution is -0.154. The first-order chi connectivity index (χ1) is 12.9. The van der Waals surface area contributed by atoms with Crippen LogP contribution < -0.4 is 5.32 Å². The Balaban J connectivity index is 1.70. The molecule has 0 bridgehead atoms. The second kappa shape index (κ2) is 8.22. The van der Waals surface area contributed by atoms with E-state index in [4.69, 9.17) is 0 Å². The van der Waals surface area contributed by atoms with Gasteiger partial charge in [0, 0.05) is 34.6 Å². The molecule has 2 heterocycles. The zero-order valence-electron chi connectivity index (χ0n) is 14.9. The second-order valence-electron chi connectivity index (χ2n) is 6.34. The fourth-order valence-electron chi connectivity index (χ4n) is 3.38. The number of β-lactam (4-membered cyclic amide) rings is 1. The molecule has 8 heteroatoms. The summed E-state index contributed by atoms with van der Waals surface area (Å²) < 4.78 is 0. The van der Waals surface area contributed by atoms with Crippen molar-refractivity contribution in [2.45, 2.75) is 36.5 Å². The Morgan fingerprint density at radius 1 is 1.33 bits per heavy atom. The predicted molar refractivity (Wildman–Crippen MR) is 106 cm³/mol. The Morgan fingerprint density at radius 2 is 2.04 bits per heavy atom. The number of carboxylic acids is 1. The molecular weight excluding hydrogens is 384 g/mol. The normalized spacial score (nSPS) is 22.6. The molecule has 1 aromatic carbocycles. The molecule has 2 aliphatic rings. The van der Waals surface area contributed by atoms with Crippen LogP contribution in [0.5, 0.6) is 0 Å². The highest BCUT2D eigenvalue weighted by Gasteiger charge is 2.56. The number of fused-ring (bicyclic) bond motifs is 1. The van der Waals surface area contributed by atoms with Gasteiger partial charge in [0.2, 0.25) is 11.8 Å². The van der Waals surface area contributed by atoms with Crippen LogP contribution in [0.15, 0.2) is 57.4 Å². The van der Waals surface area contributed by atoms with Crippen LogP contribution in [0.4, 0.5) is 0 Å². The average Bonchev–Trinajstić information content (AvgIpc) is 2.94. The molecule has 27 heavy (non-hydrogen) atoms. The standard InChI is InChI=1S/C19H20N2O4S2/c1-11(27-13-6-4-3-5-7-13)16-14-10-15(26-9-8-20-12(2)22)17(19(24)25)21(14)18(16)23/h3-9,11,14,16H,10H2,1-2H3,(H,20,22)(H,24,25)/b9-8+/t11-,14-,16-/m1/s1. The van der Waals surface area contributed by atoms with Crippen LogP contribution in [0.3, 0.4) is 0 Å². The molecule has 6 nitrogen and oxygen atoms in total. The number of hydrogen-bond donors (Lipinski definition) is 2. The summed E-state index contributed by atoms with van der Waals surface area (Å²) in [6.07, 6.45) is 2.00. The lowest BCUT2D eigenvalue weighted by Gasteiger charge is -2.45. The molecule has 0 aromatic heterocycles. The molecule has 1 saturated heterocycles. The number of carboxylic acid groups (broad SMARTS) is 1. The van der Waals surface area contributed by atoms with Gasteiger partial charge in [0.1, 0.15) is 5.70 Å². The Labute approximate surface area is 166 Å². The molecule has 0 unspecified atom stereocenters. The van der Waals surface area contributed by atoms with Gasteiger partial charge in [-0.15, -0.1) is 11.8 Å². The predicted octanol–water partition coefficient (Wildman–Crippen LogP) is 3.03. The van der Waals surface area contributed by atoms with Gasteiger partial charge >= 0.3 is 5.97 Å². The van der Waals surface area contributed by atoms with E-state index in [0.29, 0.717) is 11.3 Å². The van der Waals surface area contributed by atoms with Crippen LogP contribution in [0.1, 0.15) is 20.3 Å². The maximum Gasteiger partial charge on any atom is 0.353 e. The van der Waals surface area contributed by atoms with E-state index in [1.807, 2.05) is 37.3 Å². The quantitative estimate of drug-likeness (QED) is 0.537. The average molecular weight is 405 g/mol. The number of thioether (sulfide) groups is 2. The molecule has 2 aliphatic heterocycles. The number of carbonyl (C=O) groups is 3. The first-order valence-corrected chi connectivity index (χ1v) is 10.3. The first kappa shape index (κ1) is 19.6. The van der Waals surface area contributed by atoms with Crippen molar-refractivity contribution in [2.75, 3.05) is 0 Å². The third-order valence-corrected chi connectivity index (χ3v) is 6.63. The number of aliphatic carboxylic acids is 1. The van der Waals surface area contributed by atoms with Crippen LogP contribution in [0, 0.1) is 5.92 Å². The monoisotopic (exact) mass is 404 g/mol. The molecule has 1 fully saturated rings. The number of nitrogens with zero attached hydrogens (tertiary/aromatic N) is 1. The van der Waals surface area contributed by atoms with Crippen LogP contribution in [0.25, 0.3) is 0 Å². The summed E-state index contributed by atoms with van der Waals surface area (Å²) in [5.74, 6) is -1.63. The summed E-state index contributed by atoms with van der Waals surface area (Å²) in [5.41, 5.74) is 0.0654. The minimum Gasteiger partial charge on any atom is -0.477 e. The highest BCUT2D eigenvalue weighted by molar-refractivity contribution is 8.05. The van der Waals surface area contributed by atoms with Crippen molar-refractivity contribution in [1.29, 1.82) is 0 Å². The van der Waals surface area contributed by atoms with Crippen molar-refractivity contribution in [3.63, 3.8) is 0 Å². The van der Waals surface area contributed by atoms with E-state index in [-0.39, 0.29) is 34.7 Å². The molecule has 0 aliphatic carbocycles. The Kier molecular flexibility index (Phi) is 5.96. The van der Waals surface area contributed by atoms with Gasteiger partial charge in [-0.2, -0.15) is 0 Å². The van der Waals surface area contributed by atoms with Crippen molar-refractivity contribution in [3.8, 4) is 0 Å². The number of hydrogen-bond acceptors (Lipinski definition) is 5. The van der Waals surface area contributed by atoms with E-state index in [9.17, 15) is 19.5 Å². The van der Waals surface area contributed by atoms with Crippen LogP contribution >= 0.6 is 23.5 Å². The lowest BCUT2D eigenvalue weighted by Crippen LogP contribution is -2.61. The number of amides is 2. The van der Waals surface area contributed by atoms with Crippen molar-refractivity contribution in [1.82, 2.24) is 10.2 Å². The van der Waals surface area contributed by atoms with Crippen LogP contribution in [-0.2, 0) is 14.4 Å². The molecule has 0 radical (unpaired) electrons. The highest BCUT2D eigenvalue weighted by atomic mass is 32.2. The number of carbonyl (C=O) groups excluding carboxylic acids is 2. The van der Waals surface area contributed by atoms with E-state index in [2.05, 4.69) is 5.32 Å². The van der Waals surface area contributed by atoms with E-state index < -0.39 is 5.97 Å². The van der Waals surface area contributed by atoms with Crippen LogP contribution in [0.2, 0.25) is 0 Å². The van der Waals surface area contributed by atoms with Gasteiger partial charge in [0.15, 0.2) is 0 Å². The van der Waals surface area contributed by atoms with E-state index >= 15 is 0 Å². The van der Waals surface area contributed by atoms with Gasteiger partial charge in [0.05, 0.1) is 12.0 Å². The minimum absolute atomic E-state index is 0.0514. The Hall–Kier alpha value is -2.19. The summed E-state index contributed by atoms with van der Waals surface area (Å²) in [6, 6.07) is 9.76. The van der Waals surface area contributed by atoms with Crippen LogP contribution in [-0.4, -0.2) is 39.1 Å². The minimum atomic E-state index is -1.09. The van der Waals surface area contributed by atoms with Crippen molar-refractivity contribution in [3.05, 3.63) is 52.5 Å². The van der Waals surface area contributed by atoms with Gasteiger partial charge in [-0.3, -0.25) is 9.59 Å². The SMILES string of the molecule is CC(=O)N/C=C/SC1=C(C(=O)O)N2C(=O)[C@H]([C@@H](C)Sc3ccccc3)[C@H]2C1. The van der Waals surface area contributed by atoms with Gasteiger partial charge in [-0.25, -0.2) is 4.79 Å². The fourth-order valence-corrected chi connectivity index (χ4v) is 5.43. The maximum atomic E-state index is 12.7. The Morgan fingerprint density at radius 3 is 2.67 bits per heavy atom. The third kappa shape index (κ3) is 4.06. The molecule has 2 N–H and O–H groups in total. The van der Waals surface area contributed by atoms with Gasteiger partial charge in [0.25, 0.3) is 0 Å². The lowest BCUT2D eigenvalue weighted by atomic mass is 9.85. The first-order valence-electron chi connectivity index (χ1n) is 8.50. The van der Waals surface area contributed by atoms with Crippen molar-refractivity contribution >= 4 is 41.3 Å². The van der Waals surface area contributed by atoms with Gasteiger partial charge in [-0.05, 0) is 17.5 Å². The molecule has 2 amide bonds. The summed E-state index contributed by atoms with van der Waals surface area (Å²) >= 11 is 2.87. The molecule has 3 rings (SSSR count). The van der Waals surface area contributed by atoms with Crippen molar-refractivity contribution in [2.24, 2.45) is 5.92 Å². The number of nitrogens with one attached hydrogen (secondary N) is 1. The molecule has 1 aromatic rings. The summed E-state index contributed by atoms with van der Waals surface area (Å²) in [7, 11) is 0. The zero-order chi connectivity index (χ0) is 19.6. The number of benzene rings is 1. The smallest absolute Gasteiger partial charge is 0.353 e.